The van der Waals surface area contributed by atoms with Gasteiger partial charge in [-0.05, 0) is 19.4 Å². The lowest BCUT2D eigenvalue weighted by Gasteiger charge is -2.25. The Balaban J connectivity index is 1.65. The van der Waals surface area contributed by atoms with Crippen molar-refractivity contribution in [1.82, 2.24) is 14.5 Å². The zero-order valence-electron chi connectivity index (χ0n) is 19.3. The van der Waals surface area contributed by atoms with Crippen LogP contribution in [-0.4, -0.2) is 37.8 Å². The van der Waals surface area contributed by atoms with Gasteiger partial charge in [0.15, 0.2) is 5.76 Å². The number of aliphatic hydroxyl groups is 1. The molecular weight excluding hydrogens is 446 g/mol. The molecule has 0 saturated heterocycles. The van der Waals surface area contributed by atoms with Gasteiger partial charge in [-0.3, -0.25) is 9.59 Å². The third-order valence-electron chi connectivity index (χ3n) is 6.26. The predicted molar refractivity (Wildman–Crippen MR) is 134 cm³/mol. The normalized spacial score (nSPS) is 16.1. The van der Waals surface area contributed by atoms with Crippen LogP contribution in [0.5, 0.6) is 0 Å². The van der Waals surface area contributed by atoms with Gasteiger partial charge in [0, 0.05) is 41.8 Å². The fourth-order valence-corrected chi connectivity index (χ4v) is 5.73. The summed E-state index contributed by atoms with van der Waals surface area (Å²) in [5.41, 5.74) is 3.47. The molecule has 5 rings (SSSR count). The van der Waals surface area contributed by atoms with Crippen LogP contribution >= 0.6 is 11.3 Å². The Morgan fingerprint density at radius 2 is 1.82 bits per heavy atom. The molecular formula is C27H25N3O3S. The van der Waals surface area contributed by atoms with Crippen molar-refractivity contribution in [2.24, 2.45) is 7.05 Å². The van der Waals surface area contributed by atoms with E-state index in [4.69, 9.17) is 0 Å². The molecule has 1 amide bonds. The molecule has 1 aliphatic rings. The average molecular weight is 472 g/mol. The average Bonchev–Trinajstić information content (AvgIpc) is 3.48. The summed E-state index contributed by atoms with van der Waals surface area (Å²) in [5, 5.41) is 12.6. The second-order valence-corrected chi connectivity index (χ2v) is 9.50. The first-order chi connectivity index (χ1) is 16.4. The summed E-state index contributed by atoms with van der Waals surface area (Å²) in [6.07, 6.45) is 2.66. The fraction of sp³-hybridized carbons (Fsp3) is 0.222. The third kappa shape index (κ3) is 3.44. The molecule has 0 saturated carbocycles. The number of hydrogen-bond acceptors (Lipinski definition) is 5. The molecule has 6 nitrogen and oxygen atoms in total. The minimum atomic E-state index is -0.660. The largest absolute Gasteiger partial charge is 0.503 e. The van der Waals surface area contributed by atoms with Crippen LogP contribution in [0.1, 0.15) is 40.3 Å². The maximum Gasteiger partial charge on any atom is 0.290 e. The van der Waals surface area contributed by atoms with Crippen molar-refractivity contribution in [2.75, 3.05) is 6.54 Å². The molecule has 1 unspecified atom stereocenters. The highest BCUT2D eigenvalue weighted by atomic mass is 32.1. The number of ketones is 1. The molecule has 4 aromatic rings. The van der Waals surface area contributed by atoms with Crippen molar-refractivity contribution < 1.29 is 14.7 Å². The lowest BCUT2D eigenvalue weighted by atomic mass is 9.94. The summed E-state index contributed by atoms with van der Waals surface area (Å²) < 4.78 is 1.99. The minimum absolute atomic E-state index is 0.126. The van der Waals surface area contributed by atoms with Crippen LogP contribution < -0.4 is 0 Å². The van der Waals surface area contributed by atoms with E-state index in [2.05, 4.69) is 4.98 Å². The van der Waals surface area contributed by atoms with E-state index >= 15 is 0 Å². The van der Waals surface area contributed by atoms with Gasteiger partial charge in [0.05, 0.1) is 22.2 Å². The van der Waals surface area contributed by atoms with Crippen molar-refractivity contribution in [1.29, 1.82) is 0 Å². The number of fused-ring (bicyclic) bond motifs is 1. The quantitative estimate of drug-likeness (QED) is 0.372. The number of Topliss-reactive ketones (excluding diaryl/α,β-unsaturated/α-hetero) is 1. The highest BCUT2D eigenvalue weighted by Crippen LogP contribution is 2.43. The van der Waals surface area contributed by atoms with Gasteiger partial charge in [-0.1, -0.05) is 55.5 Å². The number of benzene rings is 2. The van der Waals surface area contributed by atoms with Gasteiger partial charge in [0.1, 0.15) is 5.01 Å². The molecule has 7 heteroatoms. The van der Waals surface area contributed by atoms with Crippen LogP contribution in [0.25, 0.3) is 21.5 Å². The summed E-state index contributed by atoms with van der Waals surface area (Å²) >= 11 is 1.29. The van der Waals surface area contributed by atoms with E-state index in [0.717, 1.165) is 27.0 Å². The molecule has 1 atom stereocenters. The number of aromatic nitrogens is 2. The number of aliphatic hydroxyl groups excluding tert-OH is 1. The number of carbonyl (C=O) groups excluding carboxylic acids is 2. The highest BCUT2D eigenvalue weighted by molar-refractivity contribution is 7.17. The summed E-state index contributed by atoms with van der Waals surface area (Å²) in [4.78, 5) is 33.7. The van der Waals surface area contributed by atoms with E-state index < -0.39 is 17.7 Å². The maximum absolute atomic E-state index is 13.9. The second-order valence-electron chi connectivity index (χ2n) is 8.50. The van der Waals surface area contributed by atoms with Gasteiger partial charge in [-0.2, -0.15) is 0 Å². The predicted octanol–water partition coefficient (Wildman–Crippen LogP) is 5.60. The van der Waals surface area contributed by atoms with Crippen LogP contribution in [0.3, 0.4) is 0 Å². The molecule has 1 N–H and O–H groups in total. The zero-order chi connectivity index (χ0) is 24.0. The van der Waals surface area contributed by atoms with E-state index in [9.17, 15) is 14.7 Å². The Morgan fingerprint density at radius 1 is 1.12 bits per heavy atom. The van der Waals surface area contributed by atoms with Crippen LogP contribution in [0.15, 0.2) is 72.1 Å². The number of carbonyl (C=O) groups is 2. The van der Waals surface area contributed by atoms with E-state index in [-0.39, 0.29) is 11.4 Å². The van der Waals surface area contributed by atoms with Gasteiger partial charge < -0.3 is 14.6 Å². The van der Waals surface area contributed by atoms with Crippen LogP contribution in [0, 0.1) is 6.92 Å². The summed E-state index contributed by atoms with van der Waals surface area (Å²) in [5.74, 6) is -1.32. The number of thiazole rings is 1. The summed E-state index contributed by atoms with van der Waals surface area (Å²) in [6.45, 7) is 4.20. The third-order valence-corrected chi connectivity index (χ3v) is 7.46. The van der Waals surface area contributed by atoms with Gasteiger partial charge in [-0.25, -0.2) is 4.98 Å². The van der Waals surface area contributed by atoms with E-state index in [1.54, 1.807) is 11.8 Å². The first kappa shape index (κ1) is 22.1. The molecule has 1 aliphatic heterocycles. The van der Waals surface area contributed by atoms with E-state index in [0.29, 0.717) is 23.5 Å². The van der Waals surface area contributed by atoms with Gasteiger partial charge in [-0.15, -0.1) is 11.3 Å². The SMILES string of the molecule is CCCN1C(=O)C(O)=C(C(=O)c2sc(-c3ccccc3)nc2C)C1c1cn(C)c2ccccc12. The van der Waals surface area contributed by atoms with Crippen LogP contribution in [0.2, 0.25) is 0 Å². The Morgan fingerprint density at radius 3 is 2.56 bits per heavy atom. The zero-order valence-corrected chi connectivity index (χ0v) is 20.1. The Kier molecular flexibility index (Phi) is 5.57. The van der Waals surface area contributed by atoms with Crippen molar-refractivity contribution in [3.8, 4) is 10.6 Å². The Labute approximate surface area is 201 Å². The molecule has 2 aromatic carbocycles. The molecule has 0 radical (unpaired) electrons. The van der Waals surface area contributed by atoms with Crippen molar-refractivity contribution in [3.63, 3.8) is 0 Å². The van der Waals surface area contributed by atoms with Crippen LogP contribution in [0.4, 0.5) is 0 Å². The molecule has 0 fully saturated rings. The molecule has 0 aliphatic carbocycles. The first-order valence-electron chi connectivity index (χ1n) is 11.3. The second kappa shape index (κ2) is 8.57. The fourth-order valence-electron chi connectivity index (χ4n) is 4.71. The Bertz CT molecular complexity index is 1450. The van der Waals surface area contributed by atoms with Crippen LogP contribution in [-0.2, 0) is 11.8 Å². The molecule has 34 heavy (non-hydrogen) atoms. The van der Waals surface area contributed by atoms with E-state index in [1.807, 2.05) is 79.3 Å². The molecule has 2 aromatic heterocycles. The van der Waals surface area contributed by atoms with Crippen molar-refractivity contribution in [3.05, 3.63) is 88.3 Å². The van der Waals surface area contributed by atoms with Gasteiger partial charge in [0.25, 0.3) is 5.91 Å². The number of para-hydroxylation sites is 1. The Hall–Kier alpha value is -3.71. The number of rotatable bonds is 6. The number of nitrogens with zero attached hydrogens (tertiary/aromatic N) is 3. The minimum Gasteiger partial charge on any atom is -0.503 e. The number of aryl methyl sites for hydroxylation is 2. The topological polar surface area (TPSA) is 75.4 Å². The molecule has 172 valence electrons. The van der Waals surface area contributed by atoms with Crippen molar-refractivity contribution in [2.45, 2.75) is 26.3 Å². The monoisotopic (exact) mass is 471 g/mol. The maximum atomic E-state index is 13.9. The molecule has 0 spiro atoms. The lowest BCUT2D eigenvalue weighted by molar-refractivity contribution is -0.129. The summed E-state index contributed by atoms with van der Waals surface area (Å²) in [7, 11) is 1.94. The standard InChI is InChI=1S/C27H25N3O3S/c1-4-14-30-22(19-15-29(3)20-13-9-8-12-18(19)20)21(24(32)27(30)33)23(31)25-16(2)28-26(34-25)17-10-6-5-7-11-17/h5-13,15,22,32H,4,14H2,1-3H3. The van der Waals surface area contributed by atoms with E-state index in [1.165, 1.54) is 11.3 Å². The molecule has 0 bridgehead atoms. The number of amides is 1. The van der Waals surface area contributed by atoms with Gasteiger partial charge >= 0.3 is 0 Å². The summed E-state index contributed by atoms with van der Waals surface area (Å²) in [6, 6.07) is 16.9. The highest BCUT2D eigenvalue weighted by Gasteiger charge is 2.45. The van der Waals surface area contributed by atoms with Crippen molar-refractivity contribution >= 4 is 33.9 Å². The lowest BCUT2D eigenvalue weighted by Crippen LogP contribution is -2.31. The number of hydrogen-bond donors (Lipinski definition) is 1. The molecule has 3 heterocycles. The first-order valence-corrected chi connectivity index (χ1v) is 12.1. The smallest absolute Gasteiger partial charge is 0.290 e. The van der Waals surface area contributed by atoms with Gasteiger partial charge in [0.2, 0.25) is 5.78 Å².